The van der Waals surface area contributed by atoms with Crippen LogP contribution in [0, 0.1) is 0 Å². The molecule has 0 rings (SSSR count). The van der Waals surface area contributed by atoms with Crippen molar-refractivity contribution >= 4 is 25.6 Å². The molecule has 0 aliphatic heterocycles. The topological polar surface area (TPSA) is 65.0 Å². The zero-order valence-electron chi connectivity index (χ0n) is 10.3. The molecular weight excluding hydrogens is 517 g/mol. The van der Waals surface area contributed by atoms with Crippen LogP contribution in [-0.2, 0) is 34.1 Å². The van der Waals surface area contributed by atoms with Crippen molar-refractivity contribution in [3.05, 3.63) is 0 Å². The molecule has 1 N–H and O–H groups in total. The number of rotatable bonds is 7. The van der Waals surface area contributed by atoms with E-state index in [4.69, 9.17) is 19.3 Å². The van der Waals surface area contributed by atoms with Gasteiger partial charge in [0.05, 0.1) is 26.4 Å². The third-order valence-electron chi connectivity index (χ3n) is 1.25. The maximum atomic E-state index is 11.1. The number of ether oxygens (including phenoxy) is 3. The van der Waals surface area contributed by atoms with Gasteiger partial charge in [0.2, 0.25) is 0 Å². The fourth-order valence-electron chi connectivity index (χ4n) is 0.811. The van der Waals surface area contributed by atoms with Crippen LogP contribution in [0.5, 0.6) is 0 Å². The molecule has 0 saturated carbocycles. The second kappa shape index (κ2) is 13.2. The van der Waals surface area contributed by atoms with Gasteiger partial charge in [0, 0.05) is 0 Å². The van der Waals surface area contributed by atoms with Crippen LogP contribution in [-0.4, -0.2) is 49.7 Å². The van der Waals surface area contributed by atoms with Gasteiger partial charge in [0.25, 0.3) is 0 Å². The molecule has 0 aromatic rings. The van der Waals surface area contributed by atoms with Crippen LogP contribution in [0.1, 0.15) is 20.8 Å². The van der Waals surface area contributed by atoms with Crippen LogP contribution in [0.15, 0.2) is 0 Å². The van der Waals surface area contributed by atoms with Crippen LogP contribution in [0.3, 0.4) is 0 Å². The standard InChI is InChI=1S/C10H20O5.HI.Os/c1-10(2,3)15-9(12)8-14-7-6-13-5-4-11;;/h11H,4-8H2,1-3H3;1H;/q;;+1/p-1. The molecule has 7 heteroatoms. The summed E-state index contributed by atoms with van der Waals surface area (Å²) in [7, 11) is 0. The van der Waals surface area contributed by atoms with Crippen LogP contribution in [0.25, 0.3) is 0 Å². The van der Waals surface area contributed by atoms with Crippen molar-refractivity contribution in [1.29, 1.82) is 0 Å². The van der Waals surface area contributed by atoms with Gasteiger partial charge in [-0.05, 0) is 20.8 Å². The van der Waals surface area contributed by atoms with E-state index in [9.17, 15) is 4.79 Å². The van der Waals surface area contributed by atoms with Crippen LogP contribution in [0.2, 0.25) is 0 Å². The van der Waals surface area contributed by atoms with Gasteiger partial charge in [-0.2, -0.15) is 0 Å². The Morgan fingerprint density at radius 1 is 1.18 bits per heavy atom. The molecule has 0 radical (unpaired) electrons. The van der Waals surface area contributed by atoms with Gasteiger partial charge in [-0.25, -0.2) is 4.79 Å². The normalized spacial score (nSPS) is 10.5. The van der Waals surface area contributed by atoms with Crippen molar-refractivity contribution in [1.82, 2.24) is 0 Å². The predicted molar refractivity (Wildman–Crippen MR) is 68.6 cm³/mol. The molecule has 0 amide bonds. The Bertz CT molecular complexity index is 184. The van der Waals surface area contributed by atoms with Gasteiger partial charge in [-0.3, -0.25) is 0 Å². The van der Waals surface area contributed by atoms with Crippen molar-refractivity contribution in [2.45, 2.75) is 26.4 Å². The number of hydrogen-bond acceptors (Lipinski definition) is 5. The first-order valence-corrected chi connectivity index (χ1v) is 12.3. The average Bonchev–Trinajstić information content (AvgIpc) is 2.23. The number of aliphatic hydroxyl groups excluding tert-OH is 1. The van der Waals surface area contributed by atoms with Gasteiger partial charge in [0.1, 0.15) is 12.2 Å². The summed E-state index contributed by atoms with van der Waals surface area (Å²) in [6.45, 7) is 6.30. The Hall–Kier alpha value is 0.716. The number of carbonyl (C=O) groups is 1. The van der Waals surface area contributed by atoms with Gasteiger partial charge in [-0.15, -0.1) is 0 Å². The van der Waals surface area contributed by atoms with E-state index in [-0.39, 0.29) is 25.8 Å². The van der Waals surface area contributed by atoms with Gasteiger partial charge < -0.3 is 19.3 Å². The van der Waals surface area contributed by atoms with Crippen molar-refractivity contribution in [3.63, 3.8) is 0 Å². The summed E-state index contributed by atoms with van der Waals surface area (Å²) in [5, 5.41) is 8.40. The fraction of sp³-hybridized carbons (Fsp3) is 0.900. The molecule has 105 valence electrons. The van der Waals surface area contributed by atoms with E-state index in [1.165, 1.54) is 0 Å². The molecule has 0 spiro atoms. The second-order valence-electron chi connectivity index (χ2n) is 3.98. The van der Waals surface area contributed by atoms with Gasteiger partial charge >= 0.3 is 40.7 Å². The van der Waals surface area contributed by atoms with E-state index in [1.807, 2.05) is 15.1 Å². The van der Waals surface area contributed by atoms with Crippen molar-refractivity contribution < 1.29 is 39.2 Å². The monoisotopic (exact) mass is 539 g/mol. The van der Waals surface area contributed by atoms with Crippen LogP contribution >= 0.6 is 19.7 Å². The summed E-state index contributed by atoms with van der Waals surface area (Å²) in [4.78, 5) is 11.1. The molecular formula is C10H20IO5Os. The summed E-state index contributed by atoms with van der Waals surface area (Å²) in [6.07, 6.45) is 0. The molecule has 0 aromatic heterocycles. The number of esters is 1. The minimum absolute atomic E-state index is 0.00787. The van der Waals surface area contributed by atoms with Crippen molar-refractivity contribution in [2.24, 2.45) is 0 Å². The zero-order valence-corrected chi connectivity index (χ0v) is 15.0. The Labute approximate surface area is 124 Å². The van der Waals surface area contributed by atoms with Crippen LogP contribution in [0.4, 0.5) is 0 Å². The summed E-state index contributed by atoms with van der Waals surface area (Å²) in [5.41, 5.74) is -0.478. The number of aliphatic hydroxyl groups is 1. The molecule has 0 aromatic carbocycles. The van der Waals surface area contributed by atoms with E-state index in [0.29, 0.717) is 13.2 Å². The van der Waals surface area contributed by atoms with Crippen molar-refractivity contribution in [3.8, 4) is 0 Å². The molecule has 0 heterocycles. The number of halogens is 1. The first-order chi connectivity index (χ1) is 7.95. The Morgan fingerprint density at radius 2 is 1.71 bits per heavy atom. The van der Waals surface area contributed by atoms with Gasteiger partial charge in [-0.1, -0.05) is 0 Å². The quantitative estimate of drug-likeness (QED) is 0.301. The molecule has 0 bridgehead atoms. The first-order valence-electron chi connectivity index (χ1n) is 5.07. The third-order valence-corrected chi connectivity index (χ3v) is 1.25. The van der Waals surface area contributed by atoms with Gasteiger partial charge in [0.15, 0.2) is 0 Å². The second-order valence-corrected chi connectivity index (χ2v) is 3.98. The molecule has 0 saturated heterocycles. The van der Waals surface area contributed by atoms with E-state index in [1.54, 1.807) is 20.8 Å². The van der Waals surface area contributed by atoms with E-state index in [2.05, 4.69) is 19.7 Å². The van der Waals surface area contributed by atoms with Crippen LogP contribution < -0.4 is 0 Å². The Balaban J connectivity index is 0. The molecule has 0 unspecified atom stereocenters. The first kappa shape index (κ1) is 20.0. The van der Waals surface area contributed by atoms with E-state index < -0.39 is 5.60 Å². The molecule has 0 aliphatic carbocycles. The minimum atomic E-state index is -0.478. The molecule has 0 fully saturated rings. The summed E-state index contributed by atoms with van der Waals surface area (Å²) < 4.78 is 15.0. The third kappa shape index (κ3) is 19.2. The molecule has 17 heavy (non-hydrogen) atoms. The number of hydrogen-bond donors (Lipinski definition) is 1. The average molecular weight is 537 g/mol. The fourth-order valence-corrected chi connectivity index (χ4v) is 0.811. The molecule has 0 aliphatic rings. The number of carbonyl (C=O) groups excluding carboxylic acids is 1. The SMILES string of the molecule is CC(C)(C)OC(=O)COCCOCCO.[I][Os]. The molecule has 0 atom stereocenters. The zero-order chi connectivity index (χ0) is 13.7. The van der Waals surface area contributed by atoms with Crippen molar-refractivity contribution in [2.75, 3.05) is 33.0 Å². The predicted octanol–water partition coefficient (Wildman–Crippen LogP) is 1.24. The summed E-state index contributed by atoms with van der Waals surface area (Å²) in [5.74, 6) is -0.385. The van der Waals surface area contributed by atoms with E-state index in [0.717, 1.165) is 0 Å². The summed E-state index contributed by atoms with van der Waals surface area (Å²) in [6, 6.07) is 0. The summed E-state index contributed by atoms with van der Waals surface area (Å²) >= 11 is 4.01. The molecule has 5 nitrogen and oxygen atoms in total. The Kier molecular flexibility index (Phi) is 15.5. The Morgan fingerprint density at radius 3 is 2.18 bits per heavy atom. The van der Waals surface area contributed by atoms with E-state index >= 15 is 0 Å². The maximum absolute atomic E-state index is 11.1.